The van der Waals surface area contributed by atoms with Gasteiger partial charge in [-0.3, -0.25) is 14.5 Å². The SMILES string of the molecule is C=CCN1C(=O)N[C@H](c2ccc(C)cc2)C2=C1CN(CC(=O)NCC(C)C)C2=O. The van der Waals surface area contributed by atoms with E-state index in [4.69, 9.17) is 0 Å². The number of nitrogens with one attached hydrogen (secondary N) is 2. The number of urea groups is 1. The highest BCUT2D eigenvalue weighted by atomic mass is 16.2. The molecule has 2 aliphatic heterocycles. The zero-order chi connectivity index (χ0) is 21.1. The van der Waals surface area contributed by atoms with Crippen molar-refractivity contribution in [2.45, 2.75) is 26.8 Å². The summed E-state index contributed by atoms with van der Waals surface area (Å²) in [6.45, 7) is 10.8. The lowest BCUT2D eigenvalue weighted by molar-refractivity contribution is -0.132. The zero-order valence-electron chi connectivity index (χ0n) is 17.2. The second kappa shape index (κ2) is 8.51. The maximum absolute atomic E-state index is 13.2. The Kier molecular flexibility index (Phi) is 6.06. The molecule has 2 N–H and O–H groups in total. The van der Waals surface area contributed by atoms with E-state index in [1.807, 2.05) is 45.0 Å². The van der Waals surface area contributed by atoms with Crippen LogP contribution in [0.2, 0.25) is 0 Å². The molecule has 7 nitrogen and oxygen atoms in total. The first-order valence-electron chi connectivity index (χ1n) is 9.86. The van der Waals surface area contributed by atoms with E-state index < -0.39 is 6.04 Å². The highest BCUT2D eigenvalue weighted by Gasteiger charge is 2.44. The molecule has 0 fully saturated rings. The minimum Gasteiger partial charge on any atom is -0.354 e. The first kappa shape index (κ1) is 20.6. The van der Waals surface area contributed by atoms with Gasteiger partial charge in [-0.25, -0.2) is 4.79 Å². The van der Waals surface area contributed by atoms with Gasteiger partial charge in [0.1, 0.15) is 6.54 Å². The molecule has 2 heterocycles. The van der Waals surface area contributed by atoms with Crippen molar-refractivity contribution in [2.75, 3.05) is 26.2 Å². The number of nitrogens with zero attached hydrogens (tertiary/aromatic N) is 2. The number of amides is 4. The van der Waals surface area contributed by atoms with Crippen LogP contribution in [0.1, 0.15) is 31.0 Å². The predicted octanol–water partition coefficient (Wildman–Crippen LogP) is 2.12. The molecule has 1 atom stereocenters. The molecule has 0 unspecified atom stereocenters. The van der Waals surface area contributed by atoms with Gasteiger partial charge >= 0.3 is 6.03 Å². The molecule has 3 rings (SSSR count). The van der Waals surface area contributed by atoms with Gasteiger partial charge in [0, 0.05) is 13.1 Å². The van der Waals surface area contributed by atoms with Gasteiger partial charge in [0.2, 0.25) is 5.91 Å². The number of rotatable bonds is 7. The van der Waals surface area contributed by atoms with Gasteiger partial charge in [0.15, 0.2) is 0 Å². The summed E-state index contributed by atoms with van der Waals surface area (Å²) in [5.41, 5.74) is 3.10. The van der Waals surface area contributed by atoms with Gasteiger partial charge in [0.25, 0.3) is 5.91 Å². The number of carbonyl (C=O) groups excluding carboxylic acids is 3. The van der Waals surface area contributed by atoms with Crippen LogP contribution < -0.4 is 10.6 Å². The average molecular weight is 396 g/mol. The van der Waals surface area contributed by atoms with Gasteiger partial charge in [-0.15, -0.1) is 6.58 Å². The van der Waals surface area contributed by atoms with Crippen LogP contribution in [0.5, 0.6) is 0 Å². The van der Waals surface area contributed by atoms with E-state index in [9.17, 15) is 14.4 Å². The molecule has 4 amide bonds. The van der Waals surface area contributed by atoms with Crippen molar-refractivity contribution in [3.05, 3.63) is 59.3 Å². The molecule has 0 aliphatic carbocycles. The average Bonchev–Trinajstić information content (AvgIpc) is 2.99. The molecule has 1 aromatic rings. The Balaban J connectivity index is 1.88. The lowest BCUT2D eigenvalue weighted by atomic mass is 9.95. The maximum Gasteiger partial charge on any atom is 0.322 e. The molecule has 0 saturated heterocycles. The molecule has 154 valence electrons. The Morgan fingerprint density at radius 1 is 1.31 bits per heavy atom. The van der Waals surface area contributed by atoms with E-state index in [1.54, 1.807) is 6.08 Å². The van der Waals surface area contributed by atoms with Crippen LogP contribution in [0.15, 0.2) is 48.2 Å². The van der Waals surface area contributed by atoms with E-state index in [0.29, 0.717) is 30.3 Å². The van der Waals surface area contributed by atoms with Gasteiger partial charge in [-0.05, 0) is 18.4 Å². The number of benzene rings is 1. The second-order valence-electron chi connectivity index (χ2n) is 7.91. The third-order valence-electron chi connectivity index (χ3n) is 5.06. The zero-order valence-corrected chi connectivity index (χ0v) is 17.2. The molecule has 2 aliphatic rings. The first-order chi connectivity index (χ1) is 13.8. The number of hydrogen-bond acceptors (Lipinski definition) is 3. The normalized spacial score (nSPS) is 18.8. The lowest BCUT2D eigenvalue weighted by Crippen LogP contribution is -2.47. The summed E-state index contributed by atoms with van der Waals surface area (Å²) in [5.74, 6) is -0.0944. The molecule has 0 aromatic heterocycles. The van der Waals surface area contributed by atoms with Crippen molar-refractivity contribution >= 4 is 17.8 Å². The fraction of sp³-hybridized carbons (Fsp3) is 0.409. The van der Waals surface area contributed by atoms with Gasteiger partial charge < -0.3 is 15.5 Å². The molecule has 29 heavy (non-hydrogen) atoms. The highest BCUT2D eigenvalue weighted by Crippen LogP contribution is 2.36. The fourth-order valence-electron chi connectivity index (χ4n) is 3.55. The van der Waals surface area contributed by atoms with Crippen LogP contribution in [-0.4, -0.2) is 53.8 Å². The largest absolute Gasteiger partial charge is 0.354 e. The summed E-state index contributed by atoms with van der Waals surface area (Å²) < 4.78 is 0. The maximum atomic E-state index is 13.2. The van der Waals surface area contributed by atoms with Gasteiger partial charge in [-0.2, -0.15) is 0 Å². The third-order valence-corrected chi connectivity index (χ3v) is 5.06. The van der Waals surface area contributed by atoms with Gasteiger partial charge in [-0.1, -0.05) is 49.8 Å². The Morgan fingerprint density at radius 3 is 2.62 bits per heavy atom. The Labute approximate surface area is 171 Å². The van der Waals surface area contributed by atoms with Crippen LogP contribution in [-0.2, 0) is 9.59 Å². The molecule has 1 aromatic carbocycles. The molecular weight excluding hydrogens is 368 g/mol. The highest BCUT2D eigenvalue weighted by molar-refractivity contribution is 6.03. The Hall–Kier alpha value is -3.09. The Bertz CT molecular complexity index is 857. The minimum atomic E-state index is -0.532. The number of aryl methyl sites for hydroxylation is 1. The van der Waals surface area contributed by atoms with Crippen molar-refractivity contribution in [3.63, 3.8) is 0 Å². The smallest absolute Gasteiger partial charge is 0.322 e. The van der Waals surface area contributed by atoms with E-state index in [2.05, 4.69) is 17.2 Å². The van der Waals surface area contributed by atoms with Crippen molar-refractivity contribution < 1.29 is 14.4 Å². The van der Waals surface area contributed by atoms with Crippen LogP contribution in [0.25, 0.3) is 0 Å². The van der Waals surface area contributed by atoms with E-state index in [1.165, 1.54) is 9.80 Å². The van der Waals surface area contributed by atoms with E-state index in [0.717, 1.165) is 11.1 Å². The summed E-state index contributed by atoms with van der Waals surface area (Å²) >= 11 is 0. The van der Waals surface area contributed by atoms with Crippen LogP contribution in [0, 0.1) is 12.8 Å². The van der Waals surface area contributed by atoms with E-state index >= 15 is 0 Å². The molecule has 7 heteroatoms. The second-order valence-corrected chi connectivity index (χ2v) is 7.91. The lowest BCUT2D eigenvalue weighted by Gasteiger charge is -2.33. The van der Waals surface area contributed by atoms with E-state index in [-0.39, 0.29) is 30.9 Å². The van der Waals surface area contributed by atoms with Crippen LogP contribution in [0.3, 0.4) is 0 Å². The molecular formula is C22H28N4O3. The Morgan fingerprint density at radius 2 is 2.00 bits per heavy atom. The summed E-state index contributed by atoms with van der Waals surface area (Å²) in [6.07, 6.45) is 1.62. The van der Waals surface area contributed by atoms with Crippen LogP contribution in [0.4, 0.5) is 4.79 Å². The minimum absolute atomic E-state index is 0.0324. The summed E-state index contributed by atoms with van der Waals surface area (Å²) in [4.78, 5) is 41.2. The monoisotopic (exact) mass is 396 g/mol. The van der Waals surface area contributed by atoms with Crippen molar-refractivity contribution in [1.29, 1.82) is 0 Å². The fourth-order valence-corrected chi connectivity index (χ4v) is 3.55. The molecule has 0 spiro atoms. The van der Waals surface area contributed by atoms with Gasteiger partial charge in [0.05, 0.1) is 23.9 Å². The predicted molar refractivity (Wildman–Crippen MR) is 111 cm³/mol. The molecule has 0 radical (unpaired) electrons. The molecule has 0 bridgehead atoms. The topological polar surface area (TPSA) is 81.8 Å². The van der Waals surface area contributed by atoms with Crippen molar-refractivity contribution in [1.82, 2.24) is 20.4 Å². The standard InChI is InChI=1S/C22H28N4O3/c1-5-10-26-17-12-25(13-18(27)23-11-14(2)3)21(28)19(17)20(24-22(26)29)16-8-6-15(4)7-9-16/h5-9,14,20H,1,10-13H2,2-4H3,(H,23,27)(H,24,29)/t20-/m1/s1. The van der Waals surface area contributed by atoms with Crippen molar-refractivity contribution in [3.8, 4) is 0 Å². The summed E-state index contributed by atoms with van der Waals surface area (Å²) in [7, 11) is 0. The summed E-state index contributed by atoms with van der Waals surface area (Å²) in [5, 5.41) is 5.78. The quantitative estimate of drug-likeness (QED) is 0.693. The third kappa shape index (κ3) is 4.34. The molecule has 0 saturated carbocycles. The number of carbonyl (C=O) groups is 3. The van der Waals surface area contributed by atoms with Crippen molar-refractivity contribution in [2.24, 2.45) is 5.92 Å². The summed E-state index contributed by atoms with van der Waals surface area (Å²) in [6, 6.07) is 6.94. The van der Waals surface area contributed by atoms with Crippen LogP contribution >= 0.6 is 0 Å². The number of hydrogen-bond donors (Lipinski definition) is 2. The first-order valence-corrected chi connectivity index (χ1v) is 9.86.